The van der Waals surface area contributed by atoms with E-state index in [1.54, 1.807) is 12.1 Å². The van der Waals surface area contributed by atoms with Gasteiger partial charge in [-0.15, -0.1) is 13.2 Å². The Morgan fingerprint density at radius 1 is 1.20 bits per heavy atom. The van der Waals surface area contributed by atoms with Gasteiger partial charge in [-0.25, -0.2) is 4.99 Å². The number of aliphatic imine (C=N–C) groups is 1. The largest absolute Gasteiger partial charge is 0.573 e. The zero-order chi connectivity index (χ0) is 18.0. The van der Waals surface area contributed by atoms with E-state index >= 15 is 0 Å². The summed E-state index contributed by atoms with van der Waals surface area (Å²) in [6, 6.07) is 13.6. The molecule has 2 aromatic carbocycles. The van der Waals surface area contributed by atoms with Crippen LogP contribution in [0.4, 0.5) is 18.9 Å². The van der Waals surface area contributed by atoms with Crippen LogP contribution in [-0.4, -0.2) is 18.4 Å². The van der Waals surface area contributed by atoms with Gasteiger partial charge in [0.25, 0.3) is 0 Å². The lowest BCUT2D eigenvalue weighted by Crippen LogP contribution is -2.23. The molecular formula is C18H18F3N3O. The first kappa shape index (κ1) is 17.1. The number of guanidine groups is 1. The Bertz CT molecular complexity index is 789. The van der Waals surface area contributed by atoms with Gasteiger partial charge < -0.3 is 15.8 Å². The molecule has 1 saturated carbocycles. The van der Waals surface area contributed by atoms with E-state index in [0.717, 1.165) is 11.3 Å². The van der Waals surface area contributed by atoms with E-state index in [4.69, 9.17) is 5.73 Å². The second-order valence-corrected chi connectivity index (χ2v) is 6.00. The van der Waals surface area contributed by atoms with E-state index in [0.29, 0.717) is 12.0 Å². The third-order valence-corrected chi connectivity index (χ3v) is 3.90. The molecule has 0 aromatic heterocycles. The van der Waals surface area contributed by atoms with Crippen molar-refractivity contribution in [2.45, 2.75) is 31.7 Å². The van der Waals surface area contributed by atoms with Crippen molar-refractivity contribution in [2.75, 3.05) is 5.32 Å². The van der Waals surface area contributed by atoms with E-state index in [2.05, 4.69) is 15.0 Å². The molecule has 1 fully saturated rings. The molecule has 7 heteroatoms. The van der Waals surface area contributed by atoms with E-state index in [1.165, 1.54) is 12.1 Å². The molecule has 0 radical (unpaired) electrons. The van der Waals surface area contributed by atoms with Gasteiger partial charge in [-0.2, -0.15) is 0 Å². The molecule has 3 rings (SSSR count). The van der Waals surface area contributed by atoms with Crippen LogP contribution in [0, 0.1) is 6.92 Å². The average Bonchev–Trinajstić information content (AvgIpc) is 3.25. The van der Waals surface area contributed by atoms with Crippen LogP contribution < -0.4 is 15.8 Å². The Kier molecular flexibility index (Phi) is 4.57. The molecule has 1 aliphatic rings. The minimum absolute atomic E-state index is 0.128. The Morgan fingerprint density at radius 2 is 1.96 bits per heavy atom. The second kappa shape index (κ2) is 6.66. The number of nitrogens with two attached hydrogens (primary N) is 1. The summed E-state index contributed by atoms with van der Waals surface area (Å²) in [4.78, 5) is 4.36. The van der Waals surface area contributed by atoms with Crippen LogP contribution in [0.5, 0.6) is 5.75 Å². The smallest absolute Gasteiger partial charge is 0.405 e. The summed E-state index contributed by atoms with van der Waals surface area (Å²) in [6.45, 7) is 1.97. The van der Waals surface area contributed by atoms with Crippen LogP contribution in [0.2, 0.25) is 0 Å². The maximum atomic E-state index is 12.5. The van der Waals surface area contributed by atoms with Crippen molar-refractivity contribution in [2.24, 2.45) is 10.7 Å². The summed E-state index contributed by atoms with van der Waals surface area (Å²) in [5.41, 5.74) is 8.30. The summed E-state index contributed by atoms with van der Waals surface area (Å²) < 4.78 is 41.6. The lowest BCUT2D eigenvalue weighted by molar-refractivity contribution is -0.274. The van der Waals surface area contributed by atoms with Crippen molar-refractivity contribution in [3.8, 4) is 5.75 Å². The SMILES string of the molecule is Cc1cccc(NC(N)=NC2CC2c2ccccc2OC(F)(F)F)c1. The van der Waals surface area contributed by atoms with Crippen molar-refractivity contribution in [1.29, 1.82) is 0 Å². The van der Waals surface area contributed by atoms with Crippen LogP contribution in [0.1, 0.15) is 23.5 Å². The highest BCUT2D eigenvalue weighted by Crippen LogP contribution is 2.47. The molecule has 4 nitrogen and oxygen atoms in total. The Labute approximate surface area is 143 Å². The number of benzene rings is 2. The predicted octanol–water partition coefficient (Wildman–Crippen LogP) is 4.18. The highest BCUT2D eigenvalue weighted by Gasteiger charge is 2.42. The lowest BCUT2D eigenvalue weighted by Gasteiger charge is -2.12. The topological polar surface area (TPSA) is 59.6 Å². The molecule has 0 spiro atoms. The highest BCUT2D eigenvalue weighted by atomic mass is 19.4. The van der Waals surface area contributed by atoms with Crippen molar-refractivity contribution < 1.29 is 17.9 Å². The zero-order valence-corrected chi connectivity index (χ0v) is 13.5. The fraction of sp³-hybridized carbons (Fsp3) is 0.278. The number of para-hydroxylation sites is 1. The molecule has 132 valence electrons. The Morgan fingerprint density at radius 3 is 2.68 bits per heavy atom. The van der Waals surface area contributed by atoms with Crippen LogP contribution in [-0.2, 0) is 0 Å². The molecule has 1 aliphatic carbocycles. The minimum Gasteiger partial charge on any atom is -0.405 e. The van der Waals surface area contributed by atoms with Gasteiger partial charge in [-0.1, -0.05) is 30.3 Å². The molecule has 3 N–H and O–H groups in total. The number of hydrogen-bond acceptors (Lipinski definition) is 2. The maximum Gasteiger partial charge on any atom is 0.573 e. The van der Waals surface area contributed by atoms with Crippen molar-refractivity contribution in [3.63, 3.8) is 0 Å². The molecule has 25 heavy (non-hydrogen) atoms. The number of alkyl halides is 3. The van der Waals surface area contributed by atoms with Gasteiger partial charge in [0.15, 0.2) is 5.96 Å². The van der Waals surface area contributed by atoms with Gasteiger partial charge in [-0.05, 0) is 42.7 Å². The molecule has 0 aliphatic heterocycles. The number of nitrogens with one attached hydrogen (secondary N) is 1. The number of anilines is 1. The monoisotopic (exact) mass is 349 g/mol. The second-order valence-electron chi connectivity index (χ2n) is 6.00. The van der Waals surface area contributed by atoms with Gasteiger partial charge in [0, 0.05) is 11.6 Å². The predicted molar refractivity (Wildman–Crippen MR) is 90.7 cm³/mol. The third-order valence-electron chi connectivity index (χ3n) is 3.90. The van der Waals surface area contributed by atoms with Gasteiger partial charge in [0.1, 0.15) is 5.75 Å². The van der Waals surface area contributed by atoms with Gasteiger partial charge in [0.05, 0.1) is 6.04 Å². The van der Waals surface area contributed by atoms with Gasteiger partial charge >= 0.3 is 6.36 Å². The zero-order valence-electron chi connectivity index (χ0n) is 13.5. The molecule has 0 bridgehead atoms. The van der Waals surface area contributed by atoms with Crippen molar-refractivity contribution in [1.82, 2.24) is 0 Å². The number of nitrogens with zero attached hydrogens (tertiary/aromatic N) is 1. The first-order valence-electron chi connectivity index (χ1n) is 7.83. The van der Waals surface area contributed by atoms with E-state index in [-0.39, 0.29) is 23.7 Å². The van der Waals surface area contributed by atoms with Crippen LogP contribution in [0.25, 0.3) is 0 Å². The van der Waals surface area contributed by atoms with E-state index < -0.39 is 6.36 Å². The summed E-state index contributed by atoms with van der Waals surface area (Å²) in [7, 11) is 0. The van der Waals surface area contributed by atoms with Crippen molar-refractivity contribution in [3.05, 3.63) is 59.7 Å². The Hall–Kier alpha value is -2.70. The summed E-state index contributed by atoms with van der Waals surface area (Å²) in [6.07, 6.45) is -4.08. The molecule has 0 saturated heterocycles. The summed E-state index contributed by atoms with van der Waals surface area (Å²) >= 11 is 0. The quantitative estimate of drug-likeness (QED) is 0.643. The number of hydrogen-bond donors (Lipinski definition) is 2. The maximum absolute atomic E-state index is 12.5. The third kappa shape index (κ3) is 4.65. The lowest BCUT2D eigenvalue weighted by atomic mass is 10.1. The van der Waals surface area contributed by atoms with E-state index in [9.17, 15) is 13.2 Å². The number of rotatable bonds is 4. The fourth-order valence-corrected chi connectivity index (χ4v) is 2.74. The van der Waals surface area contributed by atoms with Crippen molar-refractivity contribution >= 4 is 11.6 Å². The fourth-order valence-electron chi connectivity index (χ4n) is 2.74. The molecular weight excluding hydrogens is 331 g/mol. The van der Waals surface area contributed by atoms with E-state index in [1.807, 2.05) is 31.2 Å². The summed E-state index contributed by atoms with van der Waals surface area (Å²) in [5, 5.41) is 3.00. The standard InChI is InChI=1S/C18H18F3N3O/c1-11-5-4-6-12(9-11)23-17(22)24-15-10-14(15)13-7-2-3-8-16(13)25-18(19,20)21/h2-9,14-15H,10H2,1H3,(H3,22,23,24). The molecule has 2 aromatic rings. The number of halogens is 3. The highest BCUT2D eigenvalue weighted by molar-refractivity contribution is 5.92. The van der Waals surface area contributed by atoms with Crippen LogP contribution >= 0.6 is 0 Å². The van der Waals surface area contributed by atoms with Gasteiger partial charge in [-0.3, -0.25) is 0 Å². The van der Waals surface area contributed by atoms with Crippen LogP contribution in [0.3, 0.4) is 0 Å². The normalized spacial score (nSPS) is 20.2. The molecule has 2 atom stereocenters. The first-order valence-corrected chi connectivity index (χ1v) is 7.83. The van der Waals surface area contributed by atoms with Gasteiger partial charge in [0.2, 0.25) is 0 Å². The van der Waals surface area contributed by atoms with Crippen LogP contribution in [0.15, 0.2) is 53.5 Å². The Balaban J connectivity index is 1.68. The number of aryl methyl sites for hydroxylation is 1. The first-order chi connectivity index (χ1) is 11.8. The molecule has 0 amide bonds. The minimum atomic E-state index is -4.71. The molecule has 2 unspecified atom stereocenters. The summed E-state index contributed by atoms with van der Waals surface area (Å²) in [5.74, 6) is -0.0633. The average molecular weight is 349 g/mol. The number of ether oxygens (including phenoxy) is 1. The molecule has 0 heterocycles.